The highest BCUT2D eigenvalue weighted by atomic mass is 19.1. The quantitative estimate of drug-likeness (QED) is 0.837. The van der Waals surface area contributed by atoms with Gasteiger partial charge in [-0.3, -0.25) is 0 Å². The highest BCUT2D eigenvalue weighted by molar-refractivity contribution is 5.39. The van der Waals surface area contributed by atoms with Crippen LogP contribution in [0.1, 0.15) is 51.0 Å². The van der Waals surface area contributed by atoms with Gasteiger partial charge in [0.05, 0.1) is 18.3 Å². The van der Waals surface area contributed by atoms with Crippen molar-refractivity contribution in [1.82, 2.24) is 0 Å². The summed E-state index contributed by atoms with van der Waals surface area (Å²) in [4.78, 5) is 0. The minimum absolute atomic E-state index is 0.0980. The summed E-state index contributed by atoms with van der Waals surface area (Å²) < 4.78 is 19.4. The van der Waals surface area contributed by atoms with E-state index >= 15 is 0 Å². The molecule has 1 aromatic rings. The van der Waals surface area contributed by atoms with Crippen LogP contribution in [0.5, 0.6) is 5.75 Å². The molecule has 0 aliphatic heterocycles. The number of methoxy groups -OCH3 is 1. The molecule has 1 N–H and O–H groups in total. The summed E-state index contributed by atoms with van der Waals surface area (Å²) in [6, 6.07) is 4.72. The Morgan fingerprint density at radius 1 is 1.21 bits per heavy atom. The number of halogens is 1. The summed E-state index contributed by atoms with van der Waals surface area (Å²) in [5, 5.41) is 10.9. The van der Waals surface area contributed by atoms with E-state index in [-0.39, 0.29) is 11.7 Å². The second kappa shape index (κ2) is 5.91. The molecule has 0 bridgehead atoms. The highest BCUT2D eigenvalue weighted by Crippen LogP contribution is 2.42. The minimum Gasteiger partial charge on any atom is -0.496 e. The molecule has 1 aromatic carbocycles. The van der Waals surface area contributed by atoms with Gasteiger partial charge in [-0.25, -0.2) is 4.39 Å². The van der Waals surface area contributed by atoms with E-state index in [4.69, 9.17) is 4.74 Å². The van der Waals surface area contributed by atoms with Crippen LogP contribution in [0.25, 0.3) is 0 Å². The topological polar surface area (TPSA) is 29.5 Å². The van der Waals surface area contributed by atoms with Gasteiger partial charge in [0.25, 0.3) is 0 Å². The molecule has 106 valence electrons. The van der Waals surface area contributed by atoms with Crippen molar-refractivity contribution in [2.45, 2.75) is 51.0 Å². The maximum absolute atomic E-state index is 14.1. The second-order valence-electron chi connectivity index (χ2n) is 5.65. The summed E-state index contributed by atoms with van der Waals surface area (Å²) in [5.41, 5.74) is -0.856. The van der Waals surface area contributed by atoms with E-state index in [2.05, 4.69) is 0 Å². The molecule has 0 radical (unpaired) electrons. The molecule has 3 heteroatoms. The largest absolute Gasteiger partial charge is 0.496 e. The molecule has 0 heterocycles. The summed E-state index contributed by atoms with van der Waals surface area (Å²) >= 11 is 0. The van der Waals surface area contributed by atoms with Crippen molar-refractivity contribution in [2.24, 2.45) is 5.92 Å². The van der Waals surface area contributed by atoms with Crippen LogP contribution in [0.4, 0.5) is 4.39 Å². The lowest BCUT2D eigenvalue weighted by molar-refractivity contribution is -0.0175. The minimum atomic E-state index is -1.17. The Hall–Kier alpha value is -1.09. The molecule has 1 unspecified atom stereocenters. The molecule has 0 aromatic heterocycles. The van der Waals surface area contributed by atoms with Gasteiger partial charge in [0, 0.05) is 0 Å². The molecule has 0 amide bonds. The Balaban J connectivity index is 2.37. The Morgan fingerprint density at radius 3 is 2.42 bits per heavy atom. The van der Waals surface area contributed by atoms with Crippen LogP contribution in [-0.2, 0) is 5.60 Å². The van der Waals surface area contributed by atoms with Crippen LogP contribution in [-0.4, -0.2) is 12.2 Å². The molecular weight excluding hydrogens is 243 g/mol. The molecule has 1 saturated carbocycles. The lowest BCUT2D eigenvalue weighted by Crippen LogP contribution is -2.33. The second-order valence-corrected chi connectivity index (χ2v) is 5.65. The molecule has 1 aliphatic carbocycles. The number of hydrogen-bond acceptors (Lipinski definition) is 2. The molecule has 1 fully saturated rings. The Kier molecular flexibility index (Phi) is 4.46. The summed E-state index contributed by atoms with van der Waals surface area (Å²) in [7, 11) is 1.52. The average molecular weight is 266 g/mol. The van der Waals surface area contributed by atoms with Crippen molar-refractivity contribution in [1.29, 1.82) is 0 Å². The van der Waals surface area contributed by atoms with Crippen LogP contribution in [0.15, 0.2) is 18.2 Å². The van der Waals surface area contributed by atoms with Crippen molar-refractivity contribution in [3.63, 3.8) is 0 Å². The van der Waals surface area contributed by atoms with Crippen LogP contribution in [0.3, 0.4) is 0 Å². The van der Waals surface area contributed by atoms with E-state index in [0.29, 0.717) is 11.3 Å². The van der Waals surface area contributed by atoms with Crippen LogP contribution >= 0.6 is 0 Å². The standard InChI is InChI=1S/C16H23FO2/c1-16(18,12-8-5-3-4-6-9-12)15-13(17)10-7-11-14(15)19-2/h7,10-12,18H,3-6,8-9H2,1-2H3. The predicted octanol–water partition coefficient (Wildman–Crippen LogP) is 4.01. The molecule has 1 aliphatic rings. The monoisotopic (exact) mass is 266 g/mol. The Labute approximate surface area is 114 Å². The normalized spacial score (nSPS) is 20.6. The molecule has 2 rings (SSSR count). The van der Waals surface area contributed by atoms with Crippen LogP contribution < -0.4 is 4.74 Å². The van der Waals surface area contributed by atoms with Gasteiger partial charge in [-0.1, -0.05) is 31.7 Å². The lowest BCUT2D eigenvalue weighted by Gasteiger charge is -2.34. The van der Waals surface area contributed by atoms with Gasteiger partial charge < -0.3 is 9.84 Å². The van der Waals surface area contributed by atoms with Gasteiger partial charge in [0.2, 0.25) is 0 Å². The van der Waals surface area contributed by atoms with Gasteiger partial charge in [0.1, 0.15) is 11.6 Å². The number of benzene rings is 1. The van der Waals surface area contributed by atoms with Crippen molar-refractivity contribution >= 4 is 0 Å². The van der Waals surface area contributed by atoms with Crippen molar-refractivity contribution in [2.75, 3.05) is 7.11 Å². The van der Waals surface area contributed by atoms with Gasteiger partial charge in [-0.2, -0.15) is 0 Å². The first kappa shape index (κ1) is 14.3. The predicted molar refractivity (Wildman–Crippen MR) is 73.7 cm³/mol. The Bertz CT molecular complexity index is 421. The van der Waals surface area contributed by atoms with Gasteiger partial charge in [-0.15, -0.1) is 0 Å². The van der Waals surface area contributed by atoms with Crippen molar-refractivity contribution < 1.29 is 14.2 Å². The zero-order valence-electron chi connectivity index (χ0n) is 11.8. The van der Waals surface area contributed by atoms with E-state index in [1.807, 2.05) is 0 Å². The fourth-order valence-corrected chi connectivity index (χ4v) is 3.21. The third kappa shape index (κ3) is 2.92. The molecule has 0 spiro atoms. The third-order valence-electron chi connectivity index (χ3n) is 4.35. The smallest absolute Gasteiger partial charge is 0.133 e. The SMILES string of the molecule is COc1cccc(F)c1C(C)(O)C1CCCCCC1. The number of aliphatic hydroxyl groups is 1. The molecular formula is C16H23FO2. The van der Waals surface area contributed by atoms with E-state index in [9.17, 15) is 9.50 Å². The van der Waals surface area contributed by atoms with Crippen molar-refractivity contribution in [3.05, 3.63) is 29.6 Å². The van der Waals surface area contributed by atoms with E-state index < -0.39 is 5.60 Å². The number of rotatable bonds is 3. The van der Waals surface area contributed by atoms with Crippen molar-refractivity contribution in [3.8, 4) is 5.75 Å². The molecule has 0 saturated heterocycles. The summed E-state index contributed by atoms with van der Waals surface area (Å²) in [6.45, 7) is 1.73. The van der Waals surface area contributed by atoms with E-state index in [1.165, 1.54) is 26.0 Å². The van der Waals surface area contributed by atoms with Gasteiger partial charge in [-0.05, 0) is 37.8 Å². The van der Waals surface area contributed by atoms with E-state index in [1.54, 1.807) is 19.1 Å². The molecule has 19 heavy (non-hydrogen) atoms. The summed E-state index contributed by atoms with van der Waals surface area (Å²) in [6.07, 6.45) is 6.53. The average Bonchev–Trinajstić information content (AvgIpc) is 2.67. The van der Waals surface area contributed by atoms with Crippen LogP contribution in [0, 0.1) is 11.7 Å². The molecule has 1 atom stereocenters. The fraction of sp³-hybridized carbons (Fsp3) is 0.625. The maximum Gasteiger partial charge on any atom is 0.133 e. The Morgan fingerprint density at radius 2 is 1.84 bits per heavy atom. The van der Waals surface area contributed by atoms with E-state index in [0.717, 1.165) is 25.7 Å². The van der Waals surface area contributed by atoms with Gasteiger partial charge in [0.15, 0.2) is 0 Å². The fourth-order valence-electron chi connectivity index (χ4n) is 3.21. The molecule has 2 nitrogen and oxygen atoms in total. The highest BCUT2D eigenvalue weighted by Gasteiger charge is 2.38. The van der Waals surface area contributed by atoms with Crippen LogP contribution in [0.2, 0.25) is 0 Å². The zero-order valence-corrected chi connectivity index (χ0v) is 11.8. The number of ether oxygens (including phenoxy) is 1. The first-order valence-corrected chi connectivity index (χ1v) is 7.12. The summed E-state index contributed by atoms with van der Waals surface area (Å²) in [5.74, 6) is 0.156. The zero-order chi connectivity index (χ0) is 13.9. The number of hydrogen-bond donors (Lipinski definition) is 1. The third-order valence-corrected chi connectivity index (χ3v) is 4.35. The first-order valence-electron chi connectivity index (χ1n) is 7.12. The first-order chi connectivity index (χ1) is 9.07. The maximum atomic E-state index is 14.1. The lowest BCUT2D eigenvalue weighted by atomic mass is 9.78. The van der Waals surface area contributed by atoms with Gasteiger partial charge >= 0.3 is 0 Å².